The SMILES string of the molecule is C=C1C2CC3N(CCC34c3ccccc3NC14)CC2CC. The predicted octanol–water partition coefficient (Wildman–Crippen LogP) is 3.41. The van der Waals surface area contributed by atoms with Crippen LogP contribution in [-0.4, -0.2) is 30.1 Å². The van der Waals surface area contributed by atoms with Gasteiger partial charge in [0, 0.05) is 23.7 Å². The lowest BCUT2D eigenvalue weighted by Crippen LogP contribution is -2.60. The van der Waals surface area contributed by atoms with Crippen molar-refractivity contribution >= 4 is 5.69 Å². The van der Waals surface area contributed by atoms with E-state index in [9.17, 15) is 0 Å². The second kappa shape index (κ2) is 3.92. The zero-order valence-electron chi connectivity index (χ0n) is 12.8. The van der Waals surface area contributed by atoms with E-state index < -0.39 is 0 Å². The van der Waals surface area contributed by atoms with Crippen molar-refractivity contribution in [1.29, 1.82) is 0 Å². The smallest absolute Gasteiger partial charge is 0.0587 e. The van der Waals surface area contributed by atoms with Gasteiger partial charge in [-0.25, -0.2) is 0 Å². The van der Waals surface area contributed by atoms with Gasteiger partial charge in [0.2, 0.25) is 0 Å². The quantitative estimate of drug-likeness (QED) is 0.793. The van der Waals surface area contributed by atoms with Crippen molar-refractivity contribution in [2.24, 2.45) is 11.8 Å². The number of fused-ring (bicyclic) bond motifs is 2. The molecule has 5 unspecified atom stereocenters. The molecule has 1 spiro atoms. The van der Waals surface area contributed by atoms with Gasteiger partial charge in [-0.05, 0) is 42.9 Å². The maximum Gasteiger partial charge on any atom is 0.0587 e. The maximum atomic E-state index is 4.59. The molecule has 2 nitrogen and oxygen atoms in total. The van der Waals surface area contributed by atoms with Gasteiger partial charge in [0.1, 0.15) is 0 Å². The van der Waals surface area contributed by atoms with Crippen molar-refractivity contribution in [3.8, 4) is 0 Å². The van der Waals surface area contributed by atoms with Crippen molar-refractivity contribution in [1.82, 2.24) is 4.90 Å². The Bertz CT molecular complexity index is 622. The Morgan fingerprint density at radius 3 is 3.10 bits per heavy atom. The van der Waals surface area contributed by atoms with Gasteiger partial charge in [-0.1, -0.05) is 43.7 Å². The predicted molar refractivity (Wildman–Crippen MR) is 86.5 cm³/mol. The first-order valence-corrected chi connectivity index (χ1v) is 8.54. The van der Waals surface area contributed by atoms with E-state index in [4.69, 9.17) is 0 Å². The summed E-state index contributed by atoms with van der Waals surface area (Å²) in [6, 6.07) is 10.2. The molecule has 0 radical (unpaired) electrons. The topological polar surface area (TPSA) is 15.3 Å². The number of benzene rings is 1. The average Bonchev–Trinajstić information content (AvgIpc) is 3.07. The lowest BCUT2D eigenvalue weighted by molar-refractivity contribution is 0.0526. The minimum absolute atomic E-state index is 0.308. The number of hydrogen-bond donors (Lipinski definition) is 1. The molecule has 3 fully saturated rings. The molecule has 5 rings (SSSR count). The average molecular weight is 280 g/mol. The van der Waals surface area contributed by atoms with Gasteiger partial charge in [-0.2, -0.15) is 0 Å². The summed E-state index contributed by atoms with van der Waals surface area (Å²) in [6.45, 7) is 9.51. The molecule has 4 aliphatic rings. The summed E-state index contributed by atoms with van der Waals surface area (Å²) in [6.07, 6.45) is 3.93. The summed E-state index contributed by atoms with van der Waals surface area (Å²) in [4.78, 5) is 2.80. The third-order valence-corrected chi connectivity index (χ3v) is 6.98. The second-order valence-corrected chi connectivity index (χ2v) is 7.51. The van der Waals surface area contributed by atoms with Crippen molar-refractivity contribution < 1.29 is 0 Å². The minimum Gasteiger partial charge on any atom is -0.377 e. The Balaban J connectivity index is 1.69. The Morgan fingerprint density at radius 1 is 1.38 bits per heavy atom. The van der Waals surface area contributed by atoms with Crippen LogP contribution in [0.4, 0.5) is 5.69 Å². The monoisotopic (exact) mass is 280 g/mol. The Labute approximate surface area is 127 Å². The number of nitrogens with one attached hydrogen (secondary N) is 1. The fraction of sp³-hybridized carbons (Fsp3) is 0.579. The van der Waals surface area contributed by atoms with E-state index in [1.165, 1.54) is 43.6 Å². The molecule has 1 saturated carbocycles. The van der Waals surface area contributed by atoms with Crippen LogP contribution in [0.2, 0.25) is 0 Å². The lowest BCUT2D eigenvalue weighted by atomic mass is 9.57. The molecule has 3 aliphatic heterocycles. The van der Waals surface area contributed by atoms with Crippen LogP contribution in [0.3, 0.4) is 0 Å². The van der Waals surface area contributed by atoms with Crippen LogP contribution in [0.1, 0.15) is 31.7 Å². The lowest BCUT2D eigenvalue weighted by Gasteiger charge is -2.54. The molecular formula is C19H24N2. The van der Waals surface area contributed by atoms with Crippen LogP contribution < -0.4 is 5.32 Å². The van der Waals surface area contributed by atoms with Gasteiger partial charge in [-0.15, -0.1) is 0 Å². The molecule has 2 saturated heterocycles. The Kier molecular flexibility index (Phi) is 2.29. The molecular weight excluding hydrogens is 256 g/mol. The normalized spacial score (nSPS) is 43.4. The highest BCUT2D eigenvalue weighted by molar-refractivity contribution is 5.67. The van der Waals surface area contributed by atoms with E-state index in [1.54, 1.807) is 5.56 Å². The molecule has 21 heavy (non-hydrogen) atoms. The number of anilines is 1. The molecule has 3 heterocycles. The Morgan fingerprint density at radius 2 is 2.24 bits per heavy atom. The standard InChI is InChI=1S/C19H24N2/c1-3-13-11-21-9-8-19-15-6-4-5-7-16(15)20-18(19)12(2)14(13)10-17(19)21/h4-7,13-14,17-18,20H,2-3,8-11H2,1H3. The van der Waals surface area contributed by atoms with Crippen molar-refractivity contribution in [2.75, 3.05) is 18.4 Å². The molecule has 110 valence electrons. The third kappa shape index (κ3) is 1.29. The number of rotatable bonds is 1. The van der Waals surface area contributed by atoms with Crippen molar-refractivity contribution in [3.05, 3.63) is 42.0 Å². The van der Waals surface area contributed by atoms with Crippen LogP contribution in [0.15, 0.2) is 36.4 Å². The minimum atomic E-state index is 0.308. The zero-order valence-corrected chi connectivity index (χ0v) is 12.8. The van der Waals surface area contributed by atoms with Crippen LogP contribution in [0.5, 0.6) is 0 Å². The number of hydrogen-bond acceptors (Lipinski definition) is 2. The molecule has 2 bridgehead atoms. The first-order valence-electron chi connectivity index (χ1n) is 8.54. The molecule has 1 N–H and O–H groups in total. The summed E-state index contributed by atoms with van der Waals surface area (Å²) in [5.74, 6) is 1.55. The van der Waals surface area contributed by atoms with Crippen LogP contribution >= 0.6 is 0 Å². The summed E-state index contributed by atoms with van der Waals surface area (Å²) < 4.78 is 0. The van der Waals surface area contributed by atoms with E-state index >= 15 is 0 Å². The fourth-order valence-electron chi connectivity index (χ4n) is 6.03. The van der Waals surface area contributed by atoms with Gasteiger partial charge in [0.05, 0.1) is 6.04 Å². The number of para-hydroxylation sites is 1. The molecule has 1 aliphatic carbocycles. The maximum absolute atomic E-state index is 4.59. The van der Waals surface area contributed by atoms with E-state index in [0.29, 0.717) is 11.5 Å². The summed E-state index contributed by atoms with van der Waals surface area (Å²) in [5, 5.41) is 3.85. The van der Waals surface area contributed by atoms with Gasteiger partial charge >= 0.3 is 0 Å². The van der Waals surface area contributed by atoms with Gasteiger partial charge in [-0.3, -0.25) is 4.90 Å². The summed E-state index contributed by atoms with van der Waals surface area (Å²) in [7, 11) is 0. The van der Waals surface area contributed by atoms with Gasteiger partial charge < -0.3 is 5.32 Å². The summed E-state index contributed by atoms with van der Waals surface area (Å²) >= 11 is 0. The number of nitrogens with zero attached hydrogens (tertiary/aromatic N) is 1. The van der Waals surface area contributed by atoms with E-state index in [-0.39, 0.29) is 0 Å². The molecule has 5 atom stereocenters. The molecule has 0 aromatic heterocycles. The fourth-order valence-corrected chi connectivity index (χ4v) is 6.03. The Hall–Kier alpha value is -1.28. The van der Waals surface area contributed by atoms with Crippen molar-refractivity contribution in [2.45, 2.75) is 43.7 Å². The van der Waals surface area contributed by atoms with Crippen molar-refractivity contribution in [3.63, 3.8) is 0 Å². The van der Waals surface area contributed by atoms with Crippen LogP contribution in [0.25, 0.3) is 0 Å². The highest BCUT2D eigenvalue weighted by Gasteiger charge is 2.63. The molecule has 2 heteroatoms. The van der Waals surface area contributed by atoms with E-state index in [2.05, 4.69) is 48.0 Å². The molecule has 1 aromatic carbocycles. The largest absolute Gasteiger partial charge is 0.377 e. The van der Waals surface area contributed by atoms with Crippen LogP contribution in [0, 0.1) is 11.8 Å². The first-order chi connectivity index (χ1) is 10.3. The zero-order chi connectivity index (χ0) is 14.2. The van der Waals surface area contributed by atoms with E-state index in [1.807, 2.05) is 0 Å². The third-order valence-electron chi connectivity index (χ3n) is 6.98. The van der Waals surface area contributed by atoms with E-state index in [0.717, 1.165) is 17.9 Å². The van der Waals surface area contributed by atoms with Crippen LogP contribution in [-0.2, 0) is 5.41 Å². The molecule has 0 amide bonds. The highest BCUT2D eigenvalue weighted by Crippen LogP contribution is 2.60. The molecule has 1 aromatic rings. The first kappa shape index (κ1) is 12.3. The number of piperidine rings is 1. The summed E-state index contributed by atoms with van der Waals surface area (Å²) in [5.41, 5.74) is 4.74. The second-order valence-electron chi connectivity index (χ2n) is 7.51. The highest BCUT2D eigenvalue weighted by atomic mass is 15.2. The van der Waals surface area contributed by atoms with Gasteiger partial charge in [0.15, 0.2) is 0 Å². The van der Waals surface area contributed by atoms with Gasteiger partial charge in [0.25, 0.3) is 0 Å².